The van der Waals surface area contributed by atoms with Crippen LogP contribution in [0.15, 0.2) is 0 Å². The monoisotopic (exact) mass is 1340 g/mol. The molecule has 0 spiro atoms. The molecule has 0 amide bonds. The van der Waals surface area contributed by atoms with Crippen LogP contribution < -0.4 is 0 Å². The maximum absolute atomic E-state index is 13.0. The lowest BCUT2D eigenvalue weighted by Gasteiger charge is -2.21. The van der Waals surface area contributed by atoms with E-state index in [-0.39, 0.29) is 25.7 Å². The number of hydrogen-bond acceptors (Lipinski definition) is 15. The fourth-order valence-electron chi connectivity index (χ4n) is 10.9. The van der Waals surface area contributed by atoms with Gasteiger partial charge in [0.15, 0.2) is 12.2 Å². The second-order valence-corrected chi connectivity index (χ2v) is 29.8. The van der Waals surface area contributed by atoms with Crippen molar-refractivity contribution in [3.63, 3.8) is 0 Å². The number of rotatable bonds is 71. The molecule has 0 saturated carbocycles. The normalized spacial score (nSPS) is 14.1. The summed E-state index contributed by atoms with van der Waals surface area (Å²) in [5.41, 5.74) is 0. The first kappa shape index (κ1) is 89.1. The molecule has 0 aliphatic heterocycles. The van der Waals surface area contributed by atoms with Gasteiger partial charge in [-0.15, -0.1) is 0 Å². The van der Waals surface area contributed by atoms with E-state index < -0.39 is 97.5 Å². The van der Waals surface area contributed by atoms with E-state index in [4.69, 9.17) is 37.0 Å². The van der Waals surface area contributed by atoms with Gasteiger partial charge in [0.25, 0.3) is 0 Å². The maximum Gasteiger partial charge on any atom is 0.472 e. The Kier molecular flexibility index (Phi) is 62.7. The highest BCUT2D eigenvalue weighted by atomic mass is 31.2. The molecule has 0 aromatic heterocycles. The van der Waals surface area contributed by atoms with Crippen LogP contribution in [0.2, 0.25) is 0 Å². The van der Waals surface area contributed by atoms with Crippen molar-refractivity contribution in [2.45, 2.75) is 387 Å². The van der Waals surface area contributed by atoms with Crippen LogP contribution in [0.5, 0.6) is 0 Å². The Balaban J connectivity index is 5.13. The van der Waals surface area contributed by atoms with Gasteiger partial charge in [-0.1, -0.05) is 318 Å². The van der Waals surface area contributed by atoms with Crippen molar-refractivity contribution >= 4 is 39.5 Å². The Morgan fingerprint density at radius 2 is 0.505 bits per heavy atom. The molecule has 3 N–H and O–H groups in total. The van der Waals surface area contributed by atoms with Crippen LogP contribution >= 0.6 is 15.6 Å². The van der Waals surface area contributed by atoms with Crippen LogP contribution in [0.4, 0.5) is 0 Å². The number of ether oxygens (including phenoxy) is 4. The lowest BCUT2D eigenvalue weighted by atomic mass is 10.0. The lowest BCUT2D eigenvalue weighted by Crippen LogP contribution is -2.30. The van der Waals surface area contributed by atoms with Crippen molar-refractivity contribution in [1.82, 2.24) is 0 Å². The van der Waals surface area contributed by atoms with Gasteiger partial charge in [-0.3, -0.25) is 37.3 Å². The van der Waals surface area contributed by atoms with E-state index in [1.807, 2.05) is 0 Å². The molecule has 91 heavy (non-hydrogen) atoms. The number of unbranched alkanes of at least 4 members (excludes halogenated alkanes) is 41. The summed E-state index contributed by atoms with van der Waals surface area (Å²) in [5.74, 6) is -0.524. The summed E-state index contributed by atoms with van der Waals surface area (Å²) in [5, 5.41) is 10.6. The molecule has 0 bridgehead atoms. The first-order chi connectivity index (χ1) is 43.9. The Bertz CT molecular complexity index is 1770. The van der Waals surface area contributed by atoms with E-state index in [0.29, 0.717) is 25.7 Å². The molecule has 0 fully saturated rings. The van der Waals surface area contributed by atoms with E-state index in [1.165, 1.54) is 180 Å². The van der Waals surface area contributed by atoms with Crippen LogP contribution in [0.3, 0.4) is 0 Å². The number of aliphatic hydroxyl groups excluding tert-OH is 1. The topological polar surface area (TPSA) is 237 Å². The molecule has 0 aliphatic carbocycles. The molecule has 0 rings (SSSR count). The second-order valence-electron chi connectivity index (χ2n) is 26.9. The second kappa shape index (κ2) is 64.1. The van der Waals surface area contributed by atoms with Gasteiger partial charge in [0.1, 0.15) is 19.3 Å². The molecule has 5 atom stereocenters. The van der Waals surface area contributed by atoms with E-state index in [2.05, 4.69) is 41.5 Å². The van der Waals surface area contributed by atoms with Crippen molar-refractivity contribution in [1.29, 1.82) is 0 Å². The minimum Gasteiger partial charge on any atom is -0.462 e. The molecule has 2 unspecified atom stereocenters. The zero-order valence-corrected chi connectivity index (χ0v) is 60.9. The zero-order chi connectivity index (χ0) is 67.2. The Morgan fingerprint density at radius 3 is 0.747 bits per heavy atom. The summed E-state index contributed by atoms with van der Waals surface area (Å²) < 4.78 is 68.1. The van der Waals surface area contributed by atoms with Gasteiger partial charge in [0, 0.05) is 25.7 Å². The number of phosphoric acid groups is 2. The average Bonchev–Trinajstić information content (AvgIpc) is 3.70. The molecule has 19 heteroatoms. The third kappa shape index (κ3) is 66.5. The van der Waals surface area contributed by atoms with Gasteiger partial charge in [-0.25, -0.2) is 9.13 Å². The van der Waals surface area contributed by atoms with Crippen molar-refractivity contribution < 1.29 is 80.2 Å². The van der Waals surface area contributed by atoms with E-state index in [9.17, 15) is 43.2 Å². The molecule has 0 heterocycles. The van der Waals surface area contributed by atoms with Crippen LogP contribution in [-0.2, 0) is 65.4 Å². The van der Waals surface area contributed by atoms with Crippen LogP contribution in [0.25, 0.3) is 0 Å². The number of aliphatic hydroxyl groups is 1. The highest BCUT2D eigenvalue weighted by Crippen LogP contribution is 2.45. The van der Waals surface area contributed by atoms with Gasteiger partial charge in [0.2, 0.25) is 0 Å². The zero-order valence-electron chi connectivity index (χ0n) is 59.1. The molecule has 0 aliphatic rings. The molecule has 0 radical (unpaired) electrons. The highest BCUT2D eigenvalue weighted by Gasteiger charge is 2.30. The van der Waals surface area contributed by atoms with Gasteiger partial charge in [0.05, 0.1) is 26.4 Å². The fraction of sp³-hybridized carbons (Fsp3) is 0.944. The molecular weight excluding hydrogens is 1200 g/mol. The highest BCUT2D eigenvalue weighted by molar-refractivity contribution is 7.47. The smallest absolute Gasteiger partial charge is 0.462 e. The Morgan fingerprint density at radius 1 is 0.297 bits per heavy atom. The summed E-state index contributed by atoms with van der Waals surface area (Å²) in [7, 11) is -9.89. The van der Waals surface area contributed by atoms with Crippen LogP contribution in [0, 0.1) is 11.8 Å². The fourth-order valence-corrected chi connectivity index (χ4v) is 12.5. The molecule has 0 saturated heterocycles. The lowest BCUT2D eigenvalue weighted by molar-refractivity contribution is -0.161. The summed E-state index contributed by atoms with van der Waals surface area (Å²) in [6.07, 6.45) is 50.4. The molecule has 540 valence electrons. The van der Waals surface area contributed by atoms with E-state index in [0.717, 1.165) is 108 Å². The van der Waals surface area contributed by atoms with Crippen LogP contribution in [0.1, 0.15) is 369 Å². The summed E-state index contributed by atoms with van der Waals surface area (Å²) in [6, 6.07) is 0. The number of carbonyl (C=O) groups is 4. The summed E-state index contributed by atoms with van der Waals surface area (Å²) >= 11 is 0. The predicted molar refractivity (Wildman–Crippen MR) is 368 cm³/mol. The number of esters is 4. The van der Waals surface area contributed by atoms with E-state index in [1.54, 1.807) is 0 Å². The average molecular weight is 1340 g/mol. The summed E-state index contributed by atoms with van der Waals surface area (Å²) in [6.45, 7) is 9.52. The summed E-state index contributed by atoms with van der Waals surface area (Å²) in [4.78, 5) is 72.3. The number of carbonyl (C=O) groups excluding carboxylic acids is 4. The predicted octanol–water partition coefficient (Wildman–Crippen LogP) is 20.8. The maximum atomic E-state index is 13.0. The number of phosphoric ester groups is 2. The van der Waals surface area contributed by atoms with Crippen molar-refractivity contribution in [3.05, 3.63) is 0 Å². The minimum atomic E-state index is -4.95. The largest absolute Gasteiger partial charge is 0.472 e. The molecule has 0 aromatic carbocycles. The van der Waals surface area contributed by atoms with Crippen LogP contribution in [-0.4, -0.2) is 96.7 Å². The van der Waals surface area contributed by atoms with Crippen molar-refractivity contribution in [2.24, 2.45) is 11.8 Å². The molecule has 0 aromatic rings. The third-order valence-corrected chi connectivity index (χ3v) is 18.6. The standard InChI is InChI=1S/C72H140O17P2/c1-7-9-11-13-14-15-32-38-44-50-56-71(76)88-67(60-82-69(74)54-48-40-12-10-8-2)62-86-90(78,79)84-58-66(73)59-85-91(80,81)87-63-68(89-72(77)57-51-45-39-34-29-25-21-17-19-23-27-31-36-42-47-53-65(5)6)61-83-70(75)55-49-43-37-33-28-24-20-16-18-22-26-30-35-41-46-52-64(3)4/h64-68,73H,7-63H2,1-6H3,(H,78,79)(H,80,81)/t66-,67+,68+/m0/s1. The first-order valence-electron chi connectivity index (χ1n) is 37.5. The van der Waals surface area contributed by atoms with Crippen molar-refractivity contribution in [3.8, 4) is 0 Å². The quantitative estimate of drug-likeness (QED) is 0.0222. The molecule has 17 nitrogen and oxygen atoms in total. The molecular formula is C72H140O17P2. The Hall–Kier alpha value is -1.94. The van der Waals surface area contributed by atoms with Gasteiger partial charge >= 0.3 is 39.5 Å². The van der Waals surface area contributed by atoms with Gasteiger partial charge < -0.3 is 33.8 Å². The van der Waals surface area contributed by atoms with E-state index >= 15 is 0 Å². The third-order valence-electron chi connectivity index (χ3n) is 16.7. The first-order valence-corrected chi connectivity index (χ1v) is 40.5. The van der Waals surface area contributed by atoms with Crippen molar-refractivity contribution in [2.75, 3.05) is 39.6 Å². The number of hydrogen-bond donors (Lipinski definition) is 3. The van der Waals surface area contributed by atoms with Gasteiger partial charge in [-0.05, 0) is 37.5 Å². The van der Waals surface area contributed by atoms with Gasteiger partial charge in [-0.2, -0.15) is 0 Å². The SMILES string of the molecule is CCCCCCCCCCCCC(=O)O[C@H](COC(=O)CCCCCCC)COP(=O)(O)OC[C@H](O)COP(=O)(O)OC[C@@H](COC(=O)CCCCCCCCCCCCCCCCCC(C)C)OC(=O)CCCCCCCCCCCCCCCCCC(C)C. The Labute approximate surface area is 556 Å². The minimum absolute atomic E-state index is 0.106.